The summed E-state index contributed by atoms with van der Waals surface area (Å²) in [6.07, 6.45) is 11.7. The highest BCUT2D eigenvalue weighted by Crippen LogP contribution is 2.41. The Labute approximate surface area is 144 Å². The smallest absolute Gasteiger partial charge is 0.225 e. The minimum absolute atomic E-state index is 0.298. The molecule has 0 aromatic carbocycles. The van der Waals surface area contributed by atoms with Crippen LogP contribution in [0.3, 0.4) is 0 Å². The predicted octanol–water partition coefficient (Wildman–Crippen LogP) is 2.05. The van der Waals surface area contributed by atoms with Crippen molar-refractivity contribution in [2.24, 2.45) is 16.1 Å². The van der Waals surface area contributed by atoms with Crippen LogP contribution in [0.1, 0.15) is 32.1 Å². The van der Waals surface area contributed by atoms with E-state index >= 15 is 0 Å². The second-order valence-electron chi connectivity index (χ2n) is 6.90. The zero-order valence-electron chi connectivity index (χ0n) is 14.4. The van der Waals surface area contributed by atoms with Gasteiger partial charge in [0.25, 0.3) is 0 Å². The number of nitrogens with two attached hydrogens (primary N) is 1. The van der Waals surface area contributed by atoms with E-state index in [0.717, 1.165) is 45.1 Å². The first-order chi connectivity index (χ1) is 11.7. The maximum Gasteiger partial charge on any atom is 0.225 e. The summed E-state index contributed by atoms with van der Waals surface area (Å²) in [6, 6.07) is 1.84. The number of allylic oxidation sites excluding steroid dienone is 1. The molecule has 3 rings (SSSR count). The van der Waals surface area contributed by atoms with E-state index < -0.39 is 0 Å². The van der Waals surface area contributed by atoms with Gasteiger partial charge in [-0.05, 0) is 30.7 Å². The van der Waals surface area contributed by atoms with E-state index in [2.05, 4.69) is 26.3 Å². The molecule has 0 amide bonds. The summed E-state index contributed by atoms with van der Waals surface area (Å²) in [7, 11) is 0. The van der Waals surface area contributed by atoms with E-state index in [9.17, 15) is 0 Å². The Morgan fingerprint density at radius 3 is 2.50 bits per heavy atom. The van der Waals surface area contributed by atoms with Crippen LogP contribution < -0.4 is 10.6 Å². The molecule has 2 heterocycles. The van der Waals surface area contributed by atoms with Crippen LogP contribution in [0, 0.1) is 5.41 Å². The van der Waals surface area contributed by atoms with Crippen molar-refractivity contribution in [3.8, 4) is 0 Å². The maximum atomic E-state index is 6.27. The summed E-state index contributed by atoms with van der Waals surface area (Å²) >= 11 is 0. The molecule has 1 saturated heterocycles. The fourth-order valence-corrected chi connectivity index (χ4v) is 3.80. The molecule has 2 fully saturated rings. The maximum absolute atomic E-state index is 6.27. The van der Waals surface area contributed by atoms with Crippen molar-refractivity contribution >= 4 is 11.9 Å². The van der Waals surface area contributed by atoms with Gasteiger partial charge in [0.05, 0.1) is 0 Å². The molecular weight excluding hydrogens is 300 g/mol. The van der Waals surface area contributed by atoms with Crippen LogP contribution in [0.2, 0.25) is 0 Å². The molecule has 0 spiro atoms. The van der Waals surface area contributed by atoms with Crippen molar-refractivity contribution in [2.75, 3.05) is 37.6 Å². The van der Waals surface area contributed by atoms with Gasteiger partial charge in [0.15, 0.2) is 5.96 Å². The second kappa shape index (κ2) is 7.64. The Bertz CT molecular complexity index is 556. The van der Waals surface area contributed by atoms with Crippen LogP contribution in [0.4, 0.5) is 5.95 Å². The first-order valence-electron chi connectivity index (χ1n) is 8.90. The van der Waals surface area contributed by atoms with Crippen molar-refractivity contribution in [3.05, 3.63) is 31.1 Å². The summed E-state index contributed by atoms with van der Waals surface area (Å²) in [5.74, 6) is 1.47. The van der Waals surface area contributed by atoms with Gasteiger partial charge in [0.2, 0.25) is 5.95 Å². The van der Waals surface area contributed by atoms with Gasteiger partial charge in [-0.25, -0.2) is 9.97 Å². The van der Waals surface area contributed by atoms with E-state index in [-0.39, 0.29) is 0 Å². The molecule has 1 aliphatic heterocycles. The molecule has 130 valence electrons. The van der Waals surface area contributed by atoms with Gasteiger partial charge in [-0.3, -0.25) is 4.99 Å². The van der Waals surface area contributed by atoms with Gasteiger partial charge in [-0.15, -0.1) is 6.58 Å². The fourth-order valence-electron chi connectivity index (χ4n) is 3.80. The lowest BCUT2D eigenvalue weighted by atomic mass is 9.83. The van der Waals surface area contributed by atoms with Gasteiger partial charge >= 0.3 is 0 Å². The highest BCUT2D eigenvalue weighted by Gasteiger charge is 2.32. The third-order valence-corrected chi connectivity index (χ3v) is 5.26. The molecule has 24 heavy (non-hydrogen) atoms. The third-order valence-electron chi connectivity index (χ3n) is 5.26. The monoisotopic (exact) mass is 328 g/mol. The van der Waals surface area contributed by atoms with E-state index in [1.165, 1.54) is 25.7 Å². The quantitative estimate of drug-likeness (QED) is 0.509. The lowest BCUT2D eigenvalue weighted by Gasteiger charge is -2.35. The minimum Gasteiger partial charge on any atom is -0.370 e. The van der Waals surface area contributed by atoms with Gasteiger partial charge in [-0.2, -0.15) is 0 Å². The van der Waals surface area contributed by atoms with Gasteiger partial charge in [-0.1, -0.05) is 18.9 Å². The number of aliphatic imine (C=N–C) groups is 1. The van der Waals surface area contributed by atoms with Crippen molar-refractivity contribution < 1.29 is 0 Å². The molecule has 1 aromatic rings. The molecule has 6 nitrogen and oxygen atoms in total. The lowest BCUT2D eigenvalue weighted by molar-refractivity contribution is 0.309. The van der Waals surface area contributed by atoms with Gasteiger partial charge in [0, 0.05) is 45.1 Å². The number of guanidine groups is 1. The summed E-state index contributed by atoms with van der Waals surface area (Å²) < 4.78 is 0. The molecule has 1 aromatic heterocycles. The normalized spacial score (nSPS) is 21.1. The molecule has 0 unspecified atom stereocenters. The minimum atomic E-state index is 0.298. The van der Waals surface area contributed by atoms with Crippen molar-refractivity contribution in [2.45, 2.75) is 32.1 Å². The number of aromatic nitrogens is 2. The average molecular weight is 328 g/mol. The molecule has 1 saturated carbocycles. The average Bonchev–Trinajstić information content (AvgIpc) is 3.10. The van der Waals surface area contributed by atoms with E-state index in [4.69, 9.17) is 10.7 Å². The topological polar surface area (TPSA) is 70.6 Å². The molecule has 0 bridgehead atoms. The zero-order valence-corrected chi connectivity index (χ0v) is 14.4. The fraction of sp³-hybridized carbons (Fsp3) is 0.611. The number of rotatable bonds is 5. The van der Waals surface area contributed by atoms with Gasteiger partial charge in [0.1, 0.15) is 0 Å². The highest BCUT2D eigenvalue weighted by molar-refractivity contribution is 5.78. The molecule has 2 aliphatic rings. The second-order valence-corrected chi connectivity index (χ2v) is 6.90. The Morgan fingerprint density at radius 1 is 1.21 bits per heavy atom. The Kier molecular flexibility index (Phi) is 5.33. The number of nitrogens with zero attached hydrogens (tertiary/aromatic N) is 5. The first-order valence-corrected chi connectivity index (χ1v) is 8.90. The molecule has 1 aliphatic carbocycles. The summed E-state index contributed by atoms with van der Waals surface area (Å²) in [5, 5.41) is 0. The molecule has 2 N–H and O–H groups in total. The third kappa shape index (κ3) is 3.86. The van der Waals surface area contributed by atoms with Gasteiger partial charge < -0.3 is 15.5 Å². The summed E-state index contributed by atoms with van der Waals surface area (Å²) in [6.45, 7) is 8.21. The van der Waals surface area contributed by atoms with Crippen LogP contribution in [-0.2, 0) is 0 Å². The van der Waals surface area contributed by atoms with Crippen LogP contribution >= 0.6 is 0 Å². The Morgan fingerprint density at radius 2 is 1.88 bits per heavy atom. The van der Waals surface area contributed by atoms with Crippen molar-refractivity contribution in [1.82, 2.24) is 14.9 Å². The zero-order chi connectivity index (χ0) is 16.8. The molecular formula is C18H28N6. The Balaban J connectivity index is 1.54. The van der Waals surface area contributed by atoms with E-state index in [1.807, 2.05) is 12.1 Å². The SMILES string of the molecule is C=CCC1(CN=C(N)N2CCN(c3ncccn3)CC2)CCCC1. The molecule has 6 heteroatoms. The Hall–Kier alpha value is -2.11. The number of anilines is 1. The predicted molar refractivity (Wildman–Crippen MR) is 98.0 cm³/mol. The first kappa shape index (κ1) is 16.7. The van der Waals surface area contributed by atoms with Crippen LogP contribution in [0.25, 0.3) is 0 Å². The van der Waals surface area contributed by atoms with Crippen LogP contribution in [0.5, 0.6) is 0 Å². The summed E-state index contributed by atoms with van der Waals surface area (Å²) in [5.41, 5.74) is 6.56. The largest absolute Gasteiger partial charge is 0.370 e. The van der Waals surface area contributed by atoms with Crippen LogP contribution in [-0.4, -0.2) is 53.6 Å². The van der Waals surface area contributed by atoms with E-state index in [0.29, 0.717) is 11.4 Å². The lowest BCUT2D eigenvalue weighted by Crippen LogP contribution is -2.51. The molecule has 0 radical (unpaired) electrons. The number of hydrogen-bond acceptors (Lipinski definition) is 4. The number of hydrogen-bond donors (Lipinski definition) is 1. The molecule has 0 atom stereocenters. The number of piperazine rings is 1. The van der Waals surface area contributed by atoms with E-state index in [1.54, 1.807) is 12.4 Å². The highest BCUT2D eigenvalue weighted by atomic mass is 15.4. The van der Waals surface area contributed by atoms with Crippen molar-refractivity contribution in [3.63, 3.8) is 0 Å². The summed E-state index contributed by atoms with van der Waals surface area (Å²) in [4.78, 5) is 17.7. The standard InChI is InChI=1S/C18H28N6/c1-2-6-18(7-3-4-8-18)15-22-16(19)23-11-13-24(14-12-23)17-20-9-5-10-21-17/h2,5,9-10H,1,3-4,6-8,11-15H2,(H2,19,22). The van der Waals surface area contributed by atoms with Crippen molar-refractivity contribution in [1.29, 1.82) is 0 Å². The van der Waals surface area contributed by atoms with Crippen LogP contribution in [0.15, 0.2) is 36.1 Å².